The average Bonchev–Trinajstić information content (AvgIpc) is 3.04. The molecule has 118 valence electrons. The van der Waals surface area contributed by atoms with Crippen LogP contribution in [0, 0.1) is 17.1 Å². The van der Waals surface area contributed by atoms with Crippen molar-refractivity contribution < 1.29 is 14.2 Å². The van der Waals surface area contributed by atoms with Crippen LogP contribution in [0.1, 0.15) is 17.5 Å². The standard InChI is InChI=1S/C18H17FN2O2/c19-15-3-1-2-14(9-15)18(6-7-23-12-18)11-21-16-8-13(10-20)4-5-17(16)22/h1-5,8-9,21-22H,6-7,11-12H2/t18-/m0/s1. The first-order valence-corrected chi connectivity index (χ1v) is 7.44. The van der Waals surface area contributed by atoms with Crippen LogP contribution in [0.5, 0.6) is 5.75 Å². The second-order valence-corrected chi connectivity index (χ2v) is 5.79. The molecule has 1 fully saturated rings. The van der Waals surface area contributed by atoms with Crippen LogP contribution in [0.25, 0.3) is 0 Å². The van der Waals surface area contributed by atoms with Gasteiger partial charge in [0.1, 0.15) is 11.6 Å². The molecule has 1 aliphatic rings. The molecule has 2 N–H and O–H groups in total. The summed E-state index contributed by atoms with van der Waals surface area (Å²) in [5.74, 6) is -0.194. The first-order valence-electron chi connectivity index (χ1n) is 7.44. The van der Waals surface area contributed by atoms with Gasteiger partial charge in [-0.05, 0) is 42.3 Å². The first-order chi connectivity index (χ1) is 11.1. The zero-order valence-electron chi connectivity index (χ0n) is 12.6. The highest BCUT2D eigenvalue weighted by Gasteiger charge is 2.37. The molecule has 1 heterocycles. The molecule has 1 saturated heterocycles. The molecule has 4 nitrogen and oxygen atoms in total. The Labute approximate surface area is 134 Å². The van der Waals surface area contributed by atoms with E-state index >= 15 is 0 Å². The van der Waals surface area contributed by atoms with Gasteiger partial charge in [-0.25, -0.2) is 4.39 Å². The van der Waals surface area contributed by atoms with Gasteiger partial charge < -0.3 is 15.2 Å². The van der Waals surface area contributed by atoms with Crippen molar-refractivity contribution in [3.63, 3.8) is 0 Å². The summed E-state index contributed by atoms with van der Waals surface area (Å²) >= 11 is 0. The largest absolute Gasteiger partial charge is 0.506 e. The van der Waals surface area contributed by atoms with Crippen molar-refractivity contribution in [2.45, 2.75) is 11.8 Å². The molecule has 0 amide bonds. The lowest BCUT2D eigenvalue weighted by Crippen LogP contribution is -2.35. The van der Waals surface area contributed by atoms with Gasteiger partial charge in [-0.3, -0.25) is 0 Å². The topological polar surface area (TPSA) is 65.3 Å². The highest BCUT2D eigenvalue weighted by Crippen LogP contribution is 2.35. The summed E-state index contributed by atoms with van der Waals surface area (Å²) in [6.07, 6.45) is 0.766. The molecular formula is C18H17FN2O2. The number of rotatable bonds is 4. The molecule has 0 bridgehead atoms. The number of nitrogens with zero attached hydrogens (tertiary/aromatic N) is 1. The van der Waals surface area contributed by atoms with E-state index < -0.39 is 0 Å². The molecule has 2 aromatic rings. The van der Waals surface area contributed by atoms with Crippen molar-refractivity contribution in [3.05, 3.63) is 59.4 Å². The third kappa shape index (κ3) is 3.13. The van der Waals surface area contributed by atoms with E-state index in [9.17, 15) is 9.50 Å². The Morgan fingerprint density at radius 3 is 2.87 bits per heavy atom. The van der Waals surface area contributed by atoms with Gasteiger partial charge in [0.15, 0.2) is 0 Å². The van der Waals surface area contributed by atoms with E-state index in [1.54, 1.807) is 18.2 Å². The number of nitriles is 1. The maximum absolute atomic E-state index is 13.6. The summed E-state index contributed by atoms with van der Waals surface area (Å²) in [7, 11) is 0. The Hall–Kier alpha value is -2.58. The van der Waals surface area contributed by atoms with E-state index in [0.717, 1.165) is 12.0 Å². The minimum absolute atomic E-state index is 0.0808. The van der Waals surface area contributed by atoms with Crippen LogP contribution in [0.15, 0.2) is 42.5 Å². The average molecular weight is 312 g/mol. The number of hydrogen-bond donors (Lipinski definition) is 2. The first kappa shape index (κ1) is 15.3. The normalized spacial score (nSPS) is 20.2. The molecule has 3 rings (SSSR count). The van der Waals surface area contributed by atoms with E-state index in [1.165, 1.54) is 18.2 Å². The lowest BCUT2D eigenvalue weighted by atomic mass is 9.79. The number of phenolic OH excluding ortho intramolecular Hbond substituents is 1. The third-order valence-electron chi connectivity index (χ3n) is 4.28. The molecule has 0 aliphatic carbocycles. The number of ether oxygens (including phenoxy) is 1. The quantitative estimate of drug-likeness (QED) is 0.851. The smallest absolute Gasteiger partial charge is 0.138 e. The molecule has 5 heteroatoms. The number of aromatic hydroxyl groups is 1. The van der Waals surface area contributed by atoms with Gasteiger partial charge in [-0.15, -0.1) is 0 Å². The third-order valence-corrected chi connectivity index (χ3v) is 4.28. The van der Waals surface area contributed by atoms with Gasteiger partial charge >= 0.3 is 0 Å². The van der Waals surface area contributed by atoms with Gasteiger partial charge in [-0.1, -0.05) is 12.1 Å². The second kappa shape index (κ2) is 6.27. The van der Waals surface area contributed by atoms with Gasteiger partial charge in [0.05, 0.1) is 23.9 Å². The molecule has 2 aromatic carbocycles. The fourth-order valence-electron chi connectivity index (χ4n) is 2.91. The zero-order valence-corrected chi connectivity index (χ0v) is 12.6. The molecule has 0 aromatic heterocycles. The second-order valence-electron chi connectivity index (χ2n) is 5.79. The van der Waals surface area contributed by atoms with Crippen molar-refractivity contribution in [2.75, 3.05) is 25.1 Å². The Morgan fingerprint density at radius 2 is 2.17 bits per heavy atom. The molecule has 0 radical (unpaired) electrons. The fourth-order valence-corrected chi connectivity index (χ4v) is 2.91. The number of nitrogens with one attached hydrogen (secondary N) is 1. The molecule has 0 unspecified atom stereocenters. The SMILES string of the molecule is N#Cc1ccc(O)c(NC[C@@]2(c3cccc(F)c3)CCOC2)c1. The van der Waals surface area contributed by atoms with Crippen LogP contribution >= 0.6 is 0 Å². The Balaban J connectivity index is 1.85. The molecular weight excluding hydrogens is 295 g/mol. The van der Waals surface area contributed by atoms with Gasteiger partial charge in [0.2, 0.25) is 0 Å². The number of halogens is 1. The predicted molar refractivity (Wildman–Crippen MR) is 84.8 cm³/mol. The molecule has 0 saturated carbocycles. The zero-order chi connectivity index (χ0) is 16.3. The maximum atomic E-state index is 13.6. The van der Waals surface area contributed by atoms with E-state index in [1.807, 2.05) is 12.1 Å². The minimum atomic E-state index is -0.350. The Morgan fingerprint density at radius 1 is 1.30 bits per heavy atom. The molecule has 1 aliphatic heterocycles. The van der Waals surface area contributed by atoms with E-state index in [2.05, 4.69) is 5.32 Å². The highest BCUT2D eigenvalue weighted by molar-refractivity contribution is 5.59. The minimum Gasteiger partial charge on any atom is -0.506 e. The molecule has 23 heavy (non-hydrogen) atoms. The van der Waals surface area contributed by atoms with Crippen molar-refractivity contribution in [2.24, 2.45) is 0 Å². The van der Waals surface area contributed by atoms with Gasteiger partial charge in [-0.2, -0.15) is 5.26 Å². The van der Waals surface area contributed by atoms with Crippen LogP contribution in [0.3, 0.4) is 0 Å². The van der Waals surface area contributed by atoms with Crippen LogP contribution in [-0.2, 0) is 10.2 Å². The van der Waals surface area contributed by atoms with E-state index in [-0.39, 0.29) is 17.0 Å². The lowest BCUT2D eigenvalue weighted by molar-refractivity contribution is 0.179. The van der Waals surface area contributed by atoms with Gasteiger partial charge in [0, 0.05) is 18.6 Å². The summed E-state index contributed by atoms with van der Waals surface area (Å²) in [4.78, 5) is 0. The van der Waals surface area contributed by atoms with Crippen LogP contribution < -0.4 is 5.32 Å². The maximum Gasteiger partial charge on any atom is 0.138 e. The molecule has 0 spiro atoms. The van der Waals surface area contributed by atoms with E-state index in [4.69, 9.17) is 10.00 Å². The van der Waals surface area contributed by atoms with Crippen LogP contribution in [0.2, 0.25) is 0 Å². The molecule has 1 atom stereocenters. The van der Waals surface area contributed by atoms with Gasteiger partial charge in [0.25, 0.3) is 0 Å². The van der Waals surface area contributed by atoms with Crippen molar-refractivity contribution in [3.8, 4) is 11.8 Å². The summed E-state index contributed by atoms with van der Waals surface area (Å²) in [6.45, 7) is 1.59. The van der Waals surface area contributed by atoms with Crippen molar-refractivity contribution in [1.29, 1.82) is 5.26 Å². The monoisotopic (exact) mass is 312 g/mol. The number of hydrogen-bond acceptors (Lipinski definition) is 4. The number of benzene rings is 2. The summed E-state index contributed by atoms with van der Waals surface area (Å²) in [6, 6.07) is 13.2. The van der Waals surface area contributed by atoms with Crippen LogP contribution in [-0.4, -0.2) is 24.9 Å². The van der Waals surface area contributed by atoms with Crippen molar-refractivity contribution >= 4 is 5.69 Å². The lowest BCUT2D eigenvalue weighted by Gasteiger charge is -2.29. The van der Waals surface area contributed by atoms with Crippen LogP contribution in [0.4, 0.5) is 10.1 Å². The fraction of sp³-hybridized carbons (Fsp3) is 0.278. The highest BCUT2D eigenvalue weighted by atomic mass is 19.1. The predicted octanol–water partition coefficient (Wildman–Crippen LogP) is 3.17. The Bertz CT molecular complexity index is 749. The number of phenols is 1. The number of anilines is 1. The summed E-state index contributed by atoms with van der Waals surface area (Å²) in [5.41, 5.74) is 1.48. The van der Waals surface area contributed by atoms with Crippen molar-refractivity contribution in [1.82, 2.24) is 0 Å². The van der Waals surface area contributed by atoms with E-state index in [0.29, 0.717) is 31.0 Å². The summed E-state index contributed by atoms with van der Waals surface area (Å²) in [5, 5.41) is 22.1. The Kier molecular flexibility index (Phi) is 4.18. The summed E-state index contributed by atoms with van der Waals surface area (Å²) < 4.78 is 19.1.